The Bertz CT molecular complexity index is 873. The molecule has 0 aliphatic heterocycles. The van der Waals surface area contributed by atoms with E-state index in [1.165, 1.54) is 12.1 Å². The Balaban J connectivity index is 3.19. The van der Waals surface area contributed by atoms with Crippen LogP contribution < -0.4 is 27.8 Å². The third kappa shape index (κ3) is 8.71. The van der Waals surface area contributed by atoms with Gasteiger partial charge in [-0.25, -0.2) is 0 Å². The van der Waals surface area contributed by atoms with Crippen molar-refractivity contribution in [1.29, 1.82) is 0 Å². The Labute approximate surface area is 200 Å². The number of hydrogen-bond acceptors (Lipinski definition) is 8. The van der Waals surface area contributed by atoms with E-state index < -0.39 is 40.6 Å². The smallest absolute Gasteiger partial charge is 0.270 e. The van der Waals surface area contributed by atoms with Gasteiger partial charge in [-0.15, -0.1) is 0 Å². The topological polar surface area (TPSA) is 196 Å². The van der Waals surface area contributed by atoms with E-state index in [-0.39, 0.29) is 35.2 Å². The van der Waals surface area contributed by atoms with E-state index in [0.29, 0.717) is 25.8 Å². The standard InChI is InChI=1S/C23H38N6O5/c1-13(2)11-19(28-23(32)20(26)14(3)4)22(31)27-18(7-5-6-10-24)21(30)16-12-15(29(33)34)8-9-17(16)25/h8-9,12-14,18-20H,5-7,10-11,24-26H2,1-4H3,(H,27,31)(H,28,32)/t18?,19-,20+/m0/s1. The first-order valence-electron chi connectivity index (χ1n) is 11.5. The minimum atomic E-state index is -0.992. The average molecular weight is 479 g/mol. The van der Waals surface area contributed by atoms with Crippen molar-refractivity contribution < 1.29 is 19.3 Å². The molecule has 0 spiro atoms. The molecule has 0 aromatic heterocycles. The van der Waals surface area contributed by atoms with Crippen LogP contribution in [-0.4, -0.2) is 47.2 Å². The Morgan fingerprint density at radius 3 is 2.18 bits per heavy atom. The van der Waals surface area contributed by atoms with Crippen molar-refractivity contribution >= 4 is 29.0 Å². The fraction of sp³-hybridized carbons (Fsp3) is 0.609. The zero-order chi connectivity index (χ0) is 26.0. The highest BCUT2D eigenvalue weighted by molar-refractivity contribution is 6.06. The summed E-state index contributed by atoms with van der Waals surface area (Å²) in [6.45, 7) is 7.83. The summed E-state index contributed by atoms with van der Waals surface area (Å²) < 4.78 is 0. The van der Waals surface area contributed by atoms with Crippen LogP contribution in [0.3, 0.4) is 0 Å². The molecule has 0 fully saturated rings. The van der Waals surface area contributed by atoms with Gasteiger partial charge < -0.3 is 27.8 Å². The highest BCUT2D eigenvalue weighted by Crippen LogP contribution is 2.22. The van der Waals surface area contributed by atoms with Crippen LogP contribution in [0.25, 0.3) is 0 Å². The van der Waals surface area contributed by atoms with E-state index in [1.807, 2.05) is 13.8 Å². The summed E-state index contributed by atoms with van der Waals surface area (Å²) in [5.41, 5.74) is 17.2. The summed E-state index contributed by atoms with van der Waals surface area (Å²) in [6, 6.07) is 0.932. The predicted octanol–water partition coefficient (Wildman–Crippen LogP) is 1.49. The number of benzene rings is 1. The second-order valence-corrected chi connectivity index (χ2v) is 9.20. The van der Waals surface area contributed by atoms with Gasteiger partial charge in [0.2, 0.25) is 11.8 Å². The van der Waals surface area contributed by atoms with Crippen molar-refractivity contribution in [3.05, 3.63) is 33.9 Å². The number of nitrogens with zero attached hydrogens (tertiary/aromatic N) is 1. The zero-order valence-electron chi connectivity index (χ0n) is 20.4. The van der Waals surface area contributed by atoms with Crippen molar-refractivity contribution in [3.8, 4) is 0 Å². The molecule has 11 nitrogen and oxygen atoms in total. The lowest BCUT2D eigenvalue weighted by Crippen LogP contribution is -2.55. The van der Waals surface area contributed by atoms with Crippen LogP contribution in [0.1, 0.15) is 63.7 Å². The lowest BCUT2D eigenvalue weighted by Gasteiger charge is -2.26. The minimum Gasteiger partial charge on any atom is -0.398 e. The number of nitro benzene ring substituents is 1. The number of Topliss-reactive ketones (excluding diaryl/α,β-unsaturated/α-hetero) is 1. The molecule has 2 amide bonds. The van der Waals surface area contributed by atoms with Crippen molar-refractivity contribution in [2.24, 2.45) is 23.3 Å². The summed E-state index contributed by atoms with van der Waals surface area (Å²) in [4.78, 5) is 49.5. The van der Waals surface area contributed by atoms with Crippen molar-refractivity contribution in [3.63, 3.8) is 0 Å². The van der Waals surface area contributed by atoms with Crippen LogP contribution in [0.2, 0.25) is 0 Å². The highest BCUT2D eigenvalue weighted by atomic mass is 16.6. The first kappa shape index (κ1) is 29.0. The van der Waals surface area contributed by atoms with Gasteiger partial charge in [-0.05, 0) is 50.1 Å². The van der Waals surface area contributed by atoms with Gasteiger partial charge in [0.05, 0.1) is 17.0 Å². The van der Waals surface area contributed by atoms with Gasteiger partial charge in [0, 0.05) is 23.4 Å². The first-order chi connectivity index (χ1) is 15.9. The molecule has 0 saturated heterocycles. The number of hydrogen-bond donors (Lipinski definition) is 5. The molecule has 8 N–H and O–H groups in total. The third-order valence-corrected chi connectivity index (χ3v) is 5.45. The number of amides is 2. The summed E-state index contributed by atoms with van der Waals surface area (Å²) in [7, 11) is 0. The summed E-state index contributed by atoms with van der Waals surface area (Å²) in [5, 5.41) is 16.6. The van der Waals surface area contributed by atoms with Crippen LogP contribution >= 0.6 is 0 Å². The molecule has 0 heterocycles. The molecule has 1 aromatic carbocycles. The molecule has 34 heavy (non-hydrogen) atoms. The minimum absolute atomic E-state index is 0.0430. The molecule has 190 valence electrons. The quantitative estimate of drug-likeness (QED) is 0.0871. The maximum Gasteiger partial charge on any atom is 0.270 e. The van der Waals surface area contributed by atoms with Gasteiger partial charge >= 0.3 is 0 Å². The highest BCUT2D eigenvalue weighted by Gasteiger charge is 2.30. The maximum atomic E-state index is 13.3. The van der Waals surface area contributed by atoms with Crippen LogP contribution in [0.4, 0.5) is 11.4 Å². The van der Waals surface area contributed by atoms with E-state index in [0.717, 1.165) is 6.07 Å². The number of non-ortho nitro benzene ring substituents is 1. The number of nitrogens with one attached hydrogen (secondary N) is 2. The molecule has 1 rings (SSSR count). The zero-order valence-corrected chi connectivity index (χ0v) is 20.4. The van der Waals surface area contributed by atoms with Crippen LogP contribution in [0.5, 0.6) is 0 Å². The second kappa shape index (κ2) is 13.6. The first-order valence-corrected chi connectivity index (χ1v) is 11.5. The lowest BCUT2D eigenvalue weighted by atomic mass is 9.96. The van der Waals surface area contributed by atoms with Crippen molar-refractivity contribution in [1.82, 2.24) is 10.6 Å². The molecular weight excluding hydrogens is 440 g/mol. The second-order valence-electron chi connectivity index (χ2n) is 9.20. The molecule has 11 heteroatoms. The van der Waals surface area contributed by atoms with Gasteiger partial charge in [-0.2, -0.15) is 0 Å². The van der Waals surface area contributed by atoms with E-state index in [4.69, 9.17) is 17.2 Å². The number of nitrogens with two attached hydrogens (primary N) is 3. The fourth-order valence-electron chi connectivity index (χ4n) is 3.37. The molecule has 0 saturated carbocycles. The monoisotopic (exact) mass is 478 g/mol. The van der Waals surface area contributed by atoms with E-state index in [9.17, 15) is 24.5 Å². The Hall–Kier alpha value is -3.05. The Morgan fingerprint density at radius 1 is 1.03 bits per heavy atom. The van der Waals surface area contributed by atoms with Crippen LogP contribution in [-0.2, 0) is 9.59 Å². The van der Waals surface area contributed by atoms with Crippen molar-refractivity contribution in [2.75, 3.05) is 12.3 Å². The largest absolute Gasteiger partial charge is 0.398 e. The lowest BCUT2D eigenvalue weighted by molar-refractivity contribution is -0.384. The number of nitrogen functional groups attached to an aromatic ring is 1. The number of anilines is 1. The van der Waals surface area contributed by atoms with Gasteiger partial charge in [0.1, 0.15) is 6.04 Å². The number of ketones is 1. The van der Waals surface area contributed by atoms with Gasteiger partial charge in [0.15, 0.2) is 5.78 Å². The van der Waals surface area contributed by atoms with Gasteiger partial charge in [-0.3, -0.25) is 24.5 Å². The fourth-order valence-corrected chi connectivity index (χ4v) is 3.37. The number of unbranched alkanes of at least 4 members (excludes halogenated alkanes) is 1. The SMILES string of the molecule is CC(C)C[C@H](NC(=O)[C@H](N)C(C)C)C(=O)NC(CCCCN)C(=O)c1cc([N+](=O)[O-])ccc1N. The Kier molecular flexibility index (Phi) is 11.6. The molecule has 1 unspecified atom stereocenters. The molecule has 0 aliphatic carbocycles. The Morgan fingerprint density at radius 2 is 1.65 bits per heavy atom. The van der Waals surface area contributed by atoms with Crippen LogP contribution in [0, 0.1) is 22.0 Å². The molecular formula is C23H38N6O5. The van der Waals surface area contributed by atoms with Crippen molar-refractivity contribution in [2.45, 2.75) is 71.5 Å². The number of carbonyl (C=O) groups excluding carboxylic acids is 3. The van der Waals surface area contributed by atoms with Crippen LogP contribution in [0.15, 0.2) is 18.2 Å². The molecule has 3 atom stereocenters. The molecule has 0 radical (unpaired) electrons. The summed E-state index contributed by atoms with van der Waals surface area (Å²) in [6.07, 6.45) is 1.77. The van der Waals surface area contributed by atoms with Gasteiger partial charge in [0.25, 0.3) is 5.69 Å². The number of carbonyl (C=O) groups is 3. The van der Waals surface area contributed by atoms with E-state index in [2.05, 4.69) is 10.6 Å². The number of nitro groups is 1. The number of rotatable bonds is 14. The predicted molar refractivity (Wildman–Crippen MR) is 131 cm³/mol. The van der Waals surface area contributed by atoms with E-state index >= 15 is 0 Å². The summed E-state index contributed by atoms with van der Waals surface area (Å²) in [5.74, 6) is -1.58. The van der Waals surface area contributed by atoms with Gasteiger partial charge in [-0.1, -0.05) is 27.7 Å². The third-order valence-electron chi connectivity index (χ3n) is 5.45. The maximum absolute atomic E-state index is 13.3. The molecule has 1 aromatic rings. The summed E-state index contributed by atoms with van der Waals surface area (Å²) >= 11 is 0. The molecule has 0 bridgehead atoms. The van der Waals surface area contributed by atoms with E-state index in [1.54, 1.807) is 13.8 Å². The normalized spacial score (nSPS) is 13.9. The molecule has 0 aliphatic rings. The average Bonchev–Trinajstić information content (AvgIpc) is 2.76.